The molecule has 14 heavy (non-hydrogen) atoms. The maximum atomic E-state index is 11.5. The van der Waals surface area contributed by atoms with E-state index in [1.807, 2.05) is 13.8 Å². The zero-order valence-electron chi connectivity index (χ0n) is 8.13. The lowest BCUT2D eigenvalue weighted by molar-refractivity contribution is 0.0950. The molecule has 0 aromatic carbocycles. The van der Waals surface area contributed by atoms with Crippen molar-refractivity contribution in [1.29, 1.82) is 0 Å². The molecule has 0 radical (unpaired) electrons. The van der Waals surface area contributed by atoms with Gasteiger partial charge in [-0.1, -0.05) is 11.6 Å². The number of nitrogens with one attached hydrogen (secondary N) is 1. The number of carbonyl (C=O) groups excluding carboxylic acids is 1. The molecule has 0 aliphatic carbocycles. The first kappa shape index (κ1) is 11.5. The van der Waals surface area contributed by atoms with Crippen molar-refractivity contribution in [3.8, 4) is 0 Å². The van der Waals surface area contributed by atoms with E-state index in [2.05, 4.69) is 5.32 Å². The molecular weight excluding hydrogens is 220 g/mol. The maximum absolute atomic E-state index is 11.5. The predicted octanol–water partition coefficient (Wildman–Crippen LogP) is 1.87. The summed E-state index contributed by atoms with van der Waals surface area (Å²) < 4.78 is 0. The standard InChI is InChI=1S/C9H13ClN2OS/c1-9(2,11)5-12-8(13)7-3-6(10)4-14-7/h3-4H,5,11H2,1-2H3,(H,12,13). The number of thiophene rings is 1. The molecule has 1 aromatic heterocycles. The average molecular weight is 233 g/mol. The second kappa shape index (κ2) is 4.29. The average Bonchev–Trinajstić information content (AvgIpc) is 2.46. The zero-order chi connectivity index (χ0) is 10.8. The highest BCUT2D eigenvalue weighted by Crippen LogP contribution is 2.18. The Bertz CT molecular complexity index is 330. The van der Waals surface area contributed by atoms with Crippen molar-refractivity contribution < 1.29 is 4.79 Å². The number of halogens is 1. The fourth-order valence-corrected chi connectivity index (χ4v) is 1.82. The summed E-state index contributed by atoms with van der Waals surface area (Å²) in [5, 5.41) is 5.06. The van der Waals surface area contributed by atoms with Crippen LogP contribution in [0.1, 0.15) is 23.5 Å². The second-order valence-corrected chi connectivity index (χ2v) is 5.15. The van der Waals surface area contributed by atoms with Crippen LogP contribution < -0.4 is 11.1 Å². The normalized spacial score (nSPS) is 11.4. The Kier molecular flexibility index (Phi) is 3.53. The molecule has 0 aliphatic heterocycles. The van der Waals surface area contributed by atoms with Crippen LogP contribution in [0.2, 0.25) is 5.02 Å². The summed E-state index contributed by atoms with van der Waals surface area (Å²) in [6.07, 6.45) is 0. The summed E-state index contributed by atoms with van der Waals surface area (Å²) >= 11 is 7.02. The minimum atomic E-state index is -0.392. The van der Waals surface area contributed by atoms with Gasteiger partial charge in [-0.2, -0.15) is 0 Å². The minimum Gasteiger partial charge on any atom is -0.350 e. The van der Waals surface area contributed by atoms with Crippen LogP contribution in [0.25, 0.3) is 0 Å². The molecule has 0 saturated carbocycles. The molecule has 0 bridgehead atoms. The molecule has 0 aliphatic rings. The van der Waals surface area contributed by atoms with Gasteiger partial charge in [0.25, 0.3) is 5.91 Å². The highest BCUT2D eigenvalue weighted by Gasteiger charge is 2.14. The Labute approximate surface area is 92.3 Å². The molecule has 0 unspecified atom stereocenters. The van der Waals surface area contributed by atoms with Crippen LogP contribution in [-0.4, -0.2) is 18.0 Å². The zero-order valence-corrected chi connectivity index (χ0v) is 9.71. The van der Waals surface area contributed by atoms with E-state index in [0.717, 1.165) is 0 Å². The van der Waals surface area contributed by atoms with Crippen LogP contribution >= 0.6 is 22.9 Å². The number of hydrogen-bond acceptors (Lipinski definition) is 3. The predicted molar refractivity (Wildman–Crippen MR) is 59.9 cm³/mol. The van der Waals surface area contributed by atoms with Crippen molar-refractivity contribution in [2.75, 3.05) is 6.54 Å². The molecule has 1 rings (SSSR count). The summed E-state index contributed by atoms with van der Waals surface area (Å²) in [5.41, 5.74) is 5.34. The largest absolute Gasteiger partial charge is 0.350 e. The van der Waals surface area contributed by atoms with Crippen LogP contribution in [-0.2, 0) is 0 Å². The molecule has 5 heteroatoms. The van der Waals surface area contributed by atoms with Crippen LogP contribution in [0.5, 0.6) is 0 Å². The Balaban J connectivity index is 2.52. The summed E-state index contributed by atoms with van der Waals surface area (Å²) in [7, 11) is 0. The molecule has 0 fully saturated rings. The molecule has 78 valence electrons. The number of hydrogen-bond donors (Lipinski definition) is 2. The summed E-state index contributed by atoms with van der Waals surface area (Å²) in [5.74, 6) is -0.125. The third-order valence-electron chi connectivity index (χ3n) is 1.50. The number of nitrogens with two attached hydrogens (primary N) is 1. The number of rotatable bonds is 3. The van der Waals surface area contributed by atoms with Crippen molar-refractivity contribution in [2.24, 2.45) is 5.73 Å². The minimum absolute atomic E-state index is 0.125. The van der Waals surface area contributed by atoms with Gasteiger partial charge in [-0.15, -0.1) is 11.3 Å². The molecule has 1 amide bonds. The quantitative estimate of drug-likeness (QED) is 0.836. The first-order valence-corrected chi connectivity index (χ1v) is 5.45. The third kappa shape index (κ3) is 3.65. The van der Waals surface area contributed by atoms with Crippen LogP contribution in [0.15, 0.2) is 11.4 Å². The molecule has 1 aromatic rings. The van der Waals surface area contributed by atoms with E-state index < -0.39 is 5.54 Å². The number of carbonyl (C=O) groups is 1. The second-order valence-electron chi connectivity index (χ2n) is 3.80. The summed E-state index contributed by atoms with van der Waals surface area (Å²) in [4.78, 5) is 12.1. The van der Waals surface area contributed by atoms with Crippen molar-refractivity contribution in [3.63, 3.8) is 0 Å². The van der Waals surface area contributed by atoms with Gasteiger partial charge in [0.05, 0.1) is 9.90 Å². The molecule has 3 nitrogen and oxygen atoms in total. The maximum Gasteiger partial charge on any atom is 0.261 e. The Hall–Kier alpha value is -0.580. The highest BCUT2D eigenvalue weighted by molar-refractivity contribution is 7.12. The van der Waals surface area contributed by atoms with Gasteiger partial charge in [0, 0.05) is 17.5 Å². The van der Waals surface area contributed by atoms with Crippen LogP contribution in [0.4, 0.5) is 0 Å². The number of amides is 1. The van der Waals surface area contributed by atoms with Gasteiger partial charge < -0.3 is 11.1 Å². The van der Waals surface area contributed by atoms with Gasteiger partial charge in [0.2, 0.25) is 0 Å². The summed E-state index contributed by atoms with van der Waals surface area (Å²) in [6.45, 7) is 4.16. The van der Waals surface area contributed by atoms with Gasteiger partial charge in [0.15, 0.2) is 0 Å². The smallest absolute Gasteiger partial charge is 0.261 e. The molecule has 0 atom stereocenters. The monoisotopic (exact) mass is 232 g/mol. The van der Waals surface area contributed by atoms with Crippen molar-refractivity contribution >= 4 is 28.8 Å². The molecular formula is C9H13ClN2OS. The van der Waals surface area contributed by atoms with Crippen LogP contribution in [0.3, 0.4) is 0 Å². The lowest BCUT2D eigenvalue weighted by atomic mass is 10.1. The fraction of sp³-hybridized carbons (Fsp3) is 0.444. The van der Waals surface area contributed by atoms with E-state index in [9.17, 15) is 4.79 Å². The Morgan fingerprint density at radius 3 is 2.79 bits per heavy atom. The Morgan fingerprint density at radius 1 is 1.71 bits per heavy atom. The highest BCUT2D eigenvalue weighted by atomic mass is 35.5. The molecule has 0 saturated heterocycles. The van der Waals surface area contributed by atoms with E-state index >= 15 is 0 Å². The Morgan fingerprint density at radius 2 is 2.36 bits per heavy atom. The first-order valence-electron chi connectivity index (χ1n) is 4.19. The molecule has 3 N–H and O–H groups in total. The third-order valence-corrected chi connectivity index (χ3v) is 2.77. The van der Waals surface area contributed by atoms with Gasteiger partial charge in [-0.25, -0.2) is 0 Å². The lowest BCUT2D eigenvalue weighted by Gasteiger charge is -2.18. The topological polar surface area (TPSA) is 55.1 Å². The van der Waals surface area contributed by atoms with E-state index in [1.165, 1.54) is 11.3 Å². The van der Waals surface area contributed by atoms with E-state index in [4.69, 9.17) is 17.3 Å². The van der Waals surface area contributed by atoms with E-state index in [0.29, 0.717) is 16.4 Å². The van der Waals surface area contributed by atoms with Crippen molar-refractivity contribution in [1.82, 2.24) is 5.32 Å². The van der Waals surface area contributed by atoms with Crippen LogP contribution in [0, 0.1) is 0 Å². The van der Waals surface area contributed by atoms with Gasteiger partial charge in [0.1, 0.15) is 0 Å². The van der Waals surface area contributed by atoms with Gasteiger partial charge in [-0.3, -0.25) is 4.79 Å². The van der Waals surface area contributed by atoms with E-state index in [-0.39, 0.29) is 5.91 Å². The van der Waals surface area contributed by atoms with Gasteiger partial charge in [-0.05, 0) is 19.9 Å². The lowest BCUT2D eigenvalue weighted by Crippen LogP contribution is -2.44. The summed E-state index contributed by atoms with van der Waals surface area (Å²) in [6, 6.07) is 1.64. The molecule has 1 heterocycles. The van der Waals surface area contributed by atoms with Crippen molar-refractivity contribution in [2.45, 2.75) is 19.4 Å². The first-order chi connectivity index (χ1) is 6.38. The van der Waals surface area contributed by atoms with Crippen molar-refractivity contribution in [3.05, 3.63) is 21.3 Å². The molecule has 0 spiro atoms. The fourth-order valence-electron chi connectivity index (χ4n) is 0.827. The SMILES string of the molecule is CC(C)(N)CNC(=O)c1cc(Cl)cs1. The van der Waals surface area contributed by atoms with E-state index in [1.54, 1.807) is 11.4 Å². The van der Waals surface area contributed by atoms with Gasteiger partial charge >= 0.3 is 0 Å².